The average molecular weight is 249 g/mol. The third kappa shape index (κ3) is 2.72. The number of nitrogens with zero attached hydrogens (tertiary/aromatic N) is 2. The van der Waals surface area contributed by atoms with Gasteiger partial charge in [-0.2, -0.15) is 0 Å². The van der Waals surface area contributed by atoms with Gasteiger partial charge in [-0.1, -0.05) is 12.8 Å². The van der Waals surface area contributed by atoms with Crippen molar-refractivity contribution in [3.63, 3.8) is 0 Å². The molecular weight excluding hydrogens is 236 g/mol. The molecule has 15 heavy (non-hydrogen) atoms. The minimum absolute atomic E-state index is 0.0536. The van der Waals surface area contributed by atoms with E-state index in [1.807, 2.05) is 4.57 Å². The van der Waals surface area contributed by atoms with Gasteiger partial charge >= 0.3 is 0 Å². The molecule has 0 amide bonds. The fourth-order valence-electron chi connectivity index (χ4n) is 2.06. The normalized spacial score (nSPS) is 18.5. The highest BCUT2D eigenvalue weighted by molar-refractivity contribution is 8.13. The fraction of sp³-hybridized carbons (Fsp3) is 0.667. The van der Waals surface area contributed by atoms with E-state index in [9.17, 15) is 8.42 Å². The standard InChI is InChI=1S/C9H13ClN2O2S/c10-15(13,14)9-6-12(7-11-9)5-8-3-1-2-4-8/h6-8H,1-5H2. The molecule has 4 nitrogen and oxygen atoms in total. The first kappa shape index (κ1) is 11.0. The monoisotopic (exact) mass is 248 g/mol. The van der Waals surface area contributed by atoms with E-state index >= 15 is 0 Å². The molecule has 1 aliphatic carbocycles. The summed E-state index contributed by atoms with van der Waals surface area (Å²) in [5, 5.41) is -0.0536. The number of imidazole rings is 1. The average Bonchev–Trinajstić information content (AvgIpc) is 2.73. The smallest absolute Gasteiger partial charge is 0.280 e. The molecular formula is C9H13ClN2O2S. The Morgan fingerprint density at radius 3 is 2.67 bits per heavy atom. The van der Waals surface area contributed by atoms with E-state index in [-0.39, 0.29) is 5.03 Å². The lowest BCUT2D eigenvalue weighted by atomic mass is 10.1. The van der Waals surface area contributed by atoms with Crippen LogP contribution in [0.1, 0.15) is 25.7 Å². The molecule has 2 rings (SSSR count). The van der Waals surface area contributed by atoms with Crippen LogP contribution in [0.2, 0.25) is 0 Å². The Balaban J connectivity index is 2.07. The van der Waals surface area contributed by atoms with Crippen LogP contribution in [0.15, 0.2) is 17.6 Å². The van der Waals surface area contributed by atoms with Crippen molar-refractivity contribution in [2.24, 2.45) is 5.92 Å². The van der Waals surface area contributed by atoms with Gasteiger partial charge < -0.3 is 4.57 Å². The number of hydrogen-bond acceptors (Lipinski definition) is 3. The van der Waals surface area contributed by atoms with Crippen LogP contribution in [0.3, 0.4) is 0 Å². The van der Waals surface area contributed by atoms with Gasteiger partial charge in [0.2, 0.25) is 0 Å². The van der Waals surface area contributed by atoms with Crippen LogP contribution in [-0.2, 0) is 15.6 Å². The first-order chi connectivity index (χ1) is 7.05. The predicted octanol–water partition coefficient (Wildman–Crippen LogP) is 2.00. The van der Waals surface area contributed by atoms with Crippen LogP contribution in [-0.4, -0.2) is 18.0 Å². The molecule has 0 N–H and O–H groups in total. The van der Waals surface area contributed by atoms with Crippen molar-refractivity contribution >= 4 is 19.7 Å². The predicted molar refractivity (Wildman–Crippen MR) is 57.2 cm³/mol. The van der Waals surface area contributed by atoms with Gasteiger partial charge in [0.05, 0.1) is 6.33 Å². The molecule has 6 heteroatoms. The Hall–Kier alpha value is -0.550. The number of rotatable bonds is 3. The van der Waals surface area contributed by atoms with Crippen molar-refractivity contribution in [1.29, 1.82) is 0 Å². The molecule has 1 saturated carbocycles. The molecule has 0 unspecified atom stereocenters. The highest BCUT2D eigenvalue weighted by Gasteiger charge is 2.18. The molecule has 1 aromatic heterocycles. The van der Waals surface area contributed by atoms with Crippen molar-refractivity contribution in [2.45, 2.75) is 37.3 Å². The number of hydrogen-bond donors (Lipinski definition) is 0. The summed E-state index contributed by atoms with van der Waals surface area (Å²) in [6.07, 6.45) is 8.04. The highest BCUT2D eigenvalue weighted by Crippen LogP contribution is 2.26. The van der Waals surface area contributed by atoms with Crippen LogP contribution in [0.5, 0.6) is 0 Å². The van der Waals surface area contributed by atoms with E-state index in [1.165, 1.54) is 38.2 Å². The third-order valence-electron chi connectivity index (χ3n) is 2.80. The van der Waals surface area contributed by atoms with Gasteiger partial charge in [-0.3, -0.25) is 0 Å². The maximum Gasteiger partial charge on any atom is 0.280 e. The second kappa shape index (κ2) is 4.14. The summed E-state index contributed by atoms with van der Waals surface area (Å²) in [5.41, 5.74) is 0. The molecule has 0 atom stereocenters. The van der Waals surface area contributed by atoms with Crippen LogP contribution in [0, 0.1) is 5.92 Å². The molecule has 0 saturated heterocycles. The highest BCUT2D eigenvalue weighted by atomic mass is 35.7. The molecule has 0 aliphatic heterocycles. The Morgan fingerprint density at radius 1 is 1.47 bits per heavy atom. The van der Waals surface area contributed by atoms with E-state index in [1.54, 1.807) is 0 Å². The van der Waals surface area contributed by atoms with Crippen molar-refractivity contribution < 1.29 is 8.42 Å². The molecule has 1 heterocycles. The largest absolute Gasteiger partial charge is 0.336 e. The second-order valence-electron chi connectivity index (χ2n) is 4.00. The van der Waals surface area contributed by atoms with Gasteiger partial charge in [-0.25, -0.2) is 13.4 Å². The van der Waals surface area contributed by atoms with Crippen molar-refractivity contribution in [3.8, 4) is 0 Å². The molecule has 84 valence electrons. The van der Waals surface area contributed by atoms with Crippen molar-refractivity contribution in [2.75, 3.05) is 0 Å². The van der Waals surface area contributed by atoms with Crippen molar-refractivity contribution in [3.05, 3.63) is 12.5 Å². The van der Waals surface area contributed by atoms with Crippen LogP contribution in [0.25, 0.3) is 0 Å². The summed E-state index contributed by atoms with van der Waals surface area (Å²) in [6.45, 7) is 0.847. The van der Waals surface area contributed by atoms with E-state index in [2.05, 4.69) is 4.98 Å². The summed E-state index contributed by atoms with van der Waals surface area (Å²) in [4.78, 5) is 3.77. The zero-order chi connectivity index (χ0) is 10.9. The second-order valence-corrected chi connectivity index (χ2v) is 6.51. The Kier molecular flexibility index (Phi) is 3.02. The van der Waals surface area contributed by atoms with Crippen LogP contribution in [0.4, 0.5) is 0 Å². The van der Waals surface area contributed by atoms with E-state index in [0.717, 1.165) is 6.54 Å². The molecule has 0 spiro atoms. The zero-order valence-electron chi connectivity index (χ0n) is 8.26. The van der Waals surface area contributed by atoms with Gasteiger partial charge in [-0.15, -0.1) is 0 Å². The third-order valence-corrected chi connectivity index (χ3v) is 3.99. The Labute approximate surface area is 93.7 Å². The Morgan fingerprint density at radius 2 is 2.13 bits per heavy atom. The first-order valence-corrected chi connectivity index (χ1v) is 7.33. The van der Waals surface area contributed by atoms with Gasteiger partial charge in [0.25, 0.3) is 9.05 Å². The number of aromatic nitrogens is 2. The quantitative estimate of drug-likeness (QED) is 0.769. The van der Waals surface area contributed by atoms with E-state index in [4.69, 9.17) is 10.7 Å². The summed E-state index contributed by atoms with van der Waals surface area (Å²) < 4.78 is 23.8. The Bertz CT molecular complexity index is 435. The zero-order valence-corrected chi connectivity index (χ0v) is 9.84. The van der Waals surface area contributed by atoms with Crippen molar-refractivity contribution in [1.82, 2.24) is 9.55 Å². The summed E-state index contributed by atoms with van der Waals surface area (Å²) in [6, 6.07) is 0. The SMILES string of the molecule is O=S(=O)(Cl)c1cn(CC2CCCC2)cn1. The summed E-state index contributed by atoms with van der Waals surface area (Å²) in [5.74, 6) is 0.657. The minimum atomic E-state index is -3.68. The lowest BCUT2D eigenvalue weighted by molar-refractivity contribution is 0.456. The summed E-state index contributed by atoms with van der Waals surface area (Å²) >= 11 is 0. The summed E-state index contributed by atoms with van der Waals surface area (Å²) in [7, 11) is 1.51. The van der Waals surface area contributed by atoms with Gasteiger partial charge in [0, 0.05) is 23.4 Å². The van der Waals surface area contributed by atoms with E-state index in [0.29, 0.717) is 5.92 Å². The van der Waals surface area contributed by atoms with E-state index < -0.39 is 9.05 Å². The van der Waals surface area contributed by atoms with Gasteiger partial charge in [0.1, 0.15) is 0 Å². The lowest BCUT2D eigenvalue weighted by Crippen LogP contribution is -2.05. The molecule has 0 bridgehead atoms. The number of halogens is 1. The van der Waals surface area contributed by atoms with Gasteiger partial charge in [-0.05, 0) is 18.8 Å². The fourth-order valence-corrected chi connectivity index (χ4v) is 2.73. The molecule has 0 radical (unpaired) electrons. The maximum absolute atomic E-state index is 11.0. The van der Waals surface area contributed by atoms with Crippen LogP contribution >= 0.6 is 10.7 Å². The molecule has 0 aromatic carbocycles. The first-order valence-electron chi connectivity index (χ1n) is 5.02. The molecule has 1 aromatic rings. The topological polar surface area (TPSA) is 52.0 Å². The lowest BCUT2D eigenvalue weighted by Gasteiger charge is -2.08. The van der Waals surface area contributed by atoms with Gasteiger partial charge in [0.15, 0.2) is 5.03 Å². The maximum atomic E-state index is 11.0. The molecule has 1 fully saturated rings. The van der Waals surface area contributed by atoms with Crippen LogP contribution < -0.4 is 0 Å². The molecule has 1 aliphatic rings. The minimum Gasteiger partial charge on any atom is -0.336 e.